The minimum Gasteiger partial charge on any atom is -0.387 e. The molecular weight excluding hydrogens is 326 g/mol. The second kappa shape index (κ2) is 10.4. The van der Waals surface area contributed by atoms with E-state index in [1.54, 1.807) is 0 Å². The number of nitrogens with zero attached hydrogens (tertiary/aromatic N) is 1. The highest BCUT2D eigenvalue weighted by molar-refractivity contribution is 5.18. The lowest BCUT2D eigenvalue weighted by atomic mass is 10.1. The summed E-state index contributed by atoms with van der Waals surface area (Å²) >= 11 is 0. The highest BCUT2D eigenvalue weighted by Gasteiger charge is 2.17. The van der Waals surface area contributed by atoms with Gasteiger partial charge in [0.15, 0.2) is 6.29 Å². The minimum atomic E-state index is -0.508. The molecule has 4 nitrogen and oxygen atoms in total. The maximum absolute atomic E-state index is 10.6. The number of aliphatic hydroxyl groups excluding tert-OH is 1. The van der Waals surface area contributed by atoms with Crippen molar-refractivity contribution < 1.29 is 14.6 Å². The molecule has 1 N–H and O–H groups in total. The Balaban J connectivity index is 1.55. The predicted octanol–water partition coefficient (Wildman–Crippen LogP) is 3.77. The van der Waals surface area contributed by atoms with Crippen LogP contribution in [0.5, 0.6) is 0 Å². The monoisotopic (exact) mass is 355 g/mol. The molecule has 1 unspecified atom stereocenters. The van der Waals surface area contributed by atoms with Crippen LogP contribution < -0.4 is 0 Å². The molecule has 2 aromatic rings. The molecule has 0 saturated carbocycles. The smallest absolute Gasteiger partial charge is 0.157 e. The van der Waals surface area contributed by atoms with E-state index < -0.39 is 6.10 Å². The first-order valence-corrected chi connectivity index (χ1v) is 9.54. The maximum Gasteiger partial charge on any atom is 0.157 e. The number of hydrogen-bond acceptors (Lipinski definition) is 4. The third kappa shape index (κ3) is 6.22. The first kappa shape index (κ1) is 19.1. The van der Waals surface area contributed by atoms with Gasteiger partial charge < -0.3 is 14.6 Å². The third-order valence-electron chi connectivity index (χ3n) is 4.71. The van der Waals surface area contributed by atoms with E-state index in [1.807, 2.05) is 48.5 Å². The largest absolute Gasteiger partial charge is 0.387 e. The third-order valence-corrected chi connectivity index (χ3v) is 4.71. The average Bonchev–Trinajstić information content (AvgIpc) is 2.70. The van der Waals surface area contributed by atoms with Crippen molar-refractivity contribution >= 4 is 0 Å². The second-order valence-electron chi connectivity index (χ2n) is 6.81. The number of hydrogen-bond donors (Lipinski definition) is 1. The van der Waals surface area contributed by atoms with Crippen LogP contribution in [0.15, 0.2) is 60.7 Å². The molecule has 0 spiro atoms. The van der Waals surface area contributed by atoms with Crippen molar-refractivity contribution in [3.63, 3.8) is 0 Å². The Morgan fingerprint density at radius 1 is 1.04 bits per heavy atom. The lowest BCUT2D eigenvalue weighted by Gasteiger charge is -2.27. The summed E-state index contributed by atoms with van der Waals surface area (Å²) in [5.74, 6) is 0. The summed E-state index contributed by atoms with van der Waals surface area (Å²) in [4.78, 5) is 2.25. The quantitative estimate of drug-likeness (QED) is 0.744. The van der Waals surface area contributed by atoms with Gasteiger partial charge in [0.05, 0.1) is 12.7 Å². The van der Waals surface area contributed by atoms with Crippen LogP contribution in [-0.4, -0.2) is 42.6 Å². The Kier molecular flexibility index (Phi) is 7.65. The summed E-state index contributed by atoms with van der Waals surface area (Å²) in [7, 11) is 0. The highest BCUT2D eigenvalue weighted by atomic mass is 16.7. The second-order valence-corrected chi connectivity index (χ2v) is 6.81. The van der Waals surface area contributed by atoms with E-state index in [0.717, 1.165) is 38.1 Å². The fourth-order valence-electron chi connectivity index (χ4n) is 3.26. The van der Waals surface area contributed by atoms with Gasteiger partial charge in [0, 0.05) is 26.2 Å². The van der Waals surface area contributed by atoms with Gasteiger partial charge in [-0.15, -0.1) is 0 Å². The SMILES string of the molecule is O[C@@H](CN(CCOC1CCCCO1)Cc1ccccc1)c1ccccc1. The van der Waals surface area contributed by atoms with Crippen molar-refractivity contribution in [2.75, 3.05) is 26.3 Å². The number of rotatable bonds is 9. The summed E-state index contributed by atoms with van der Waals surface area (Å²) in [5, 5.41) is 10.6. The van der Waals surface area contributed by atoms with E-state index in [4.69, 9.17) is 9.47 Å². The molecule has 1 aliphatic rings. The predicted molar refractivity (Wildman–Crippen MR) is 103 cm³/mol. The van der Waals surface area contributed by atoms with Crippen LogP contribution in [-0.2, 0) is 16.0 Å². The molecule has 2 aromatic carbocycles. The van der Waals surface area contributed by atoms with E-state index >= 15 is 0 Å². The molecule has 0 aliphatic carbocycles. The molecule has 0 aromatic heterocycles. The molecule has 26 heavy (non-hydrogen) atoms. The summed E-state index contributed by atoms with van der Waals surface area (Å²) in [6.45, 7) is 3.54. The molecule has 3 rings (SSSR count). The molecule has 140 valence electrons. The zero-order valence-corrected chi connectivity index (χ0v) is 15.3. The van der Waals surface area contributed by atoms with Crippen LogP contribution in [0.1, 0.15) is 36.5 Å². The molecule has 1 fully saturated rings. The number of benzene rings is 2. The first-order valence-electron chi connectivity index (χ1n) is 9.54. The molecule has 0 bridgehead atoms. The van der Waals surface area contributed by atoms with Gasteiger partial charge in [-0.2, -0.15) is 0 Å². The molecular formula is C22H29NO3. The van der Waals surface area contributed by atoms with Gasteiger partial charge in [0.2, 0.25) is 0 Å². The van der Waals surface area contributed by atoms with Crippen molar-refractivity contribution in [3.8, 4) is 0 Å². The number of aliphatic hydroxyl groups is 1. The zero-order valence-electron chi connectivity index (χ0n) is 15.3. The number of ether oxygens (including phenoxy) is 2. The minimum absolute atomic E-state index is 0.0682. The molecule has 0 radical (unpaired) electrons. The van der Waals surface area contributed by atoms with Gasteiger partial charge in [-0.3, -0.25) is 4.90 Å². The topological polar surface area (TPSA) is 41.9 Å². The summed E-state index contributed by atoms with van der Waals surface area (Å²) in [5.41, 5.74) is 2.18. The standard InChI is InChI=1S/C22H29NO3/c24-21(20-11-5-2-6-12-20)18-23(17-19-9-3-1-4-10-19)14-16-26-22-13-7-8-15-25-22/h1-6,9-12,21-22,24H,7-8,13-18H2/t21-,22?/m0/s1. The van der Waals surface area contributed by atoms with Crippen molar-refractivity contribution in [3.05, 3.63) is 71.8 Å². The molecule has 1 heterocycles. The maximum atomic E-state index is 10.6. The Labute approximate surface area is 156 Å². The van der Waals surface area contributed by atoms with E-state index in [-0.39, 0.29) is 6.29 Å². The van der Waals surface area contributed by atoms with Crippen LogP contribution in [0.2, 0.25) is 0 Å². The highest BCUT2D eigenvalue weighted by Crippen LogP contribution is 2.17. The van der Waals surface area contributed by atoms with Crippen LogP contribution >= 0.6 is 0 Å². The van der Waals surface area contributed by atoms with Gasteiger partial charge in [-0.1, -0.05) is 60.7 Å². The van der Waals surface area contributed by atoms with E-state index in [9.17, 15) is 5.11 Å². The van der Waals surface area contributed by atoms with Crippen molar-refractivity contribution in [2.45, 2.75) is 38.2 Å². The summed E-state index contributed by atoms with van der Waals surface area (Å²) in [6.07, 6.45) is 2.70. The molecule has 1 aliphatic heterocycles. The Morgan fingerprint density at radius 2 is 1.77 bits per heavy atom. The van der Waals surface area contributed by atoms with Gasteiger partial charge >= 0.3 is 0 Å². The van der Waals surface area contributed by atoms with Crippen molar-refractivity contribution in [1.29, 1.82) is 0 Å². The lowest BCUT2D eigenvalue weighted by Crippen LogP contribution is -2.33. The van der Waals surface area contributed by atoms with Gasteiger partial charge in [0.25, 0.3) is 0 Å². The average molecular weight is 355 g/mol. The van der Waals surface area contributed by atoms with E-state index in [2.05, 4.69) is 17.0 Å². The Bertz CT molecular complexity index is 614. The Morgan fingerprint density at radius 3 is 2.46 bits per heavy atom. The van der Waals surface area contributed by atoms with Gasteiger partial charge in [-0.05, 0) is 30.4 Å². The zero-order chi connectivity index (χ0) is 18.0. The fraction of sp³-hybridized carbons (Fsp3) is 0.455. The van der Waals surface area contributed by atoms with Crippen LogP contribution in [0.25, 0.3) is 0 Å². The van der Waals surface area contributed by atoms with E-state index in [0.29, 0.717) is 13.2 Å². The van der Waals surface area contributed by atoms with Crippen molar-refractivity contribution in [1.82, 2.24) is 4.90 Å². The van der Waals surface area contributed by atoms with Gasteiger partial charge in [0.1, 0.15) is 0 Å². The van der Waals surface area contributed by atoms with E-state index in [1.165, 1.54) is 12.0 Å². The summed E-state index contributed by atoms with van der Waals surface area (Å²) in [6, 6.07) is 20.2. The van der Waals surface area contributed by atoms with Gasteiger partial charge in [-0.25, -0.2) is 0 Å². The Hall–Kier alpha value is -1.72. The van der Waals surface area contributed by atoms with Crippen molar-refractivity contribution in [2.24, 2.45) is 0 Å². The fourth-order valence-corrected chi connectivity index (χ4v) is 3.26. The van der Waals surface area contributed by atoms with Crippen LogP contribution in [0.4, 0.5) is 0 Å². The normalized spacial score (nSPS) is 18.8. The molecule has 1 saturated heterocycles. The first-order chi connectivity index (χ1) is 12.8. The molecule has 0 amide bonds. The molecule has 4 heteroatoms. The van der Waals surface area contributed by atoms with Crippen LogP contribution in [0.3, 0.4) is 0 Å². The summed E-state index contributed by atoms with van der Waals surface area (Å²) < 4.78 is 11.5. The van der Waals surface area contributed by atoms with Crippen LogP contribution in [0, 0.1) is 0 Å². The molecule has 2 atom stereocenters. The lowest BCUT2D eigenvalue weighted by molar-refractivity contribution is -0.164.